The van der Waals surface area contributed by atoms with E-state index in [-0.39, 0.29) is 12.0 Å². The van der Waals surface area contributed by atoms with Gasteiger partial charge in [-0.05, 0) is 59.2 Å². The van der Waals surface area contributed by atoms with Gasteiger partial charge in [0.05, 0.1) is 11.4 Å². The summed E-state index contributed by atoms with van der Waals surface area (Å²) in [5.41, 5.74) is 3.49. The largest absolute Gasteiger partial charge is 0.488 e. The summed E-state index contributed by atoms with van der Waals surface area (Å²) in [6, 6.07) is 19.5. The van der Waals surface area contributed by atoms with E-state index >= 15 is 0 Å². The molecule has 0 bridgehead atoms. The molecular formula is C23H20ClNO4S. The summed E-state index contributed by atoms with van der Waals surface area (Å²) < 4.78 is 29.2. The number of halogens is 1. The van der Waals surface area contributed by atoms with E-state index < -0.39 is 9.84 Å². The van der Waals surface area contributed by atoms with Crippen LogP contribution in [0, 0.1) is 0 Å². The van der Waals surface area contributed by atoms with Gasteiger partial charge in [-0.1, -0.05) is 35.9 Å². The number of carbonyl (C=O) groups excluding carboxylic acids is 1. The lowest BCUT2D eigenvalue weighted by molar-refractivity contribution is 0.0933. The maximum absolute atomic E-state index is 12.3. The molecule has 4 rings (SSSR count). The quantitative estimate of drug-likeness (QED) is 0.645. The third kappa shape index (κ3) is 4.50. The van der Waals surface area contributed by atoms with Gasteiger partial charge in [0, 0.05) is 23.3 Å². The van der Waals surface area contributed by atoms with Crippen molar-refractivity contribution in [1.82, 2.24) is 5.32 Å². The average molecular weight is 442 g/mol. The van der Waals surface area contributed by atoms with Crippen molar-refractivity contribution in [3.63, 3.8) is 0 Å². The Balaban J connectivity index is 1.42. The van der Waals surface area contributed by atoms with Crippen molar-refractivity contribution in [2.45, 2.75) is 17.4 Å². The Kier molecular flexibility index (Phi) is 5.54. The molecule has 1 aliphatic rings. The van der Waals surface area contributed by atoms with E-state index in [0.29, 0.717) is 28.4 Å². The molecule has 0 fully saturated rings. The van der Waals surface area contributed by atoms with E-state index in [1.54, 1.807) is 48.5 Å². The second-order valence-electron chi connectivity index (χ2n) is 7.28. The van der Waals surface area contributed by atoms with Gasteiger partial charge >= 0.3 is 0 Å². The number of ether oxygens (including phenoxy) is 1. The molecule has 1 heterocycles. The fourth-order valence-corrected chi connectivity index (χ4v) is 4.27. The van der Waals surface area contributed by atoms with Crippen LogP contribution in [0.15, 0.2) is 71.6 Å². The first-order chi connectivity index (χ1) is 14.3. The summed E-state index contributed by atoms with van der Waals surface area (Å²) in [5.74, 6) is 0.609. The summed E-state index contributed by atoms with van der Waals surface area (Å²) >= 11 is 5.94. The highest BCUT2D eigenvalue weighted by molar-refractivity contribution is 7.90. The van der Waals surface area contributed by atoms with Crippen LogP contribution in [0.4, 0.5) is 0 Å². The second kappa shape index (κ2) is 8.13. The minimum absolute atomic E-state index is 0.147. The van der Waals surface area contributed by atoms with Crippen molar-refractivity contribution in [2.24, 2.45) is 0 Å². The van der Waals surface area contributed by atoms with Gasteiger partial charge in [0.25, 0.3) is 5.91 Å². The van der Waals surface area contributed by atoms with E-state index in [9.17, 15) is 13.2 Å². The van der Waals surface area contributed by atoms with E-state index in [0.717, 1.165) is 22.4 Å². The zero-order valence-electron chi connectivity index (χ0n) is 16.3. The Hall–Kier alpha value is -2.83. The molecule has 0 saturated heterocycles. The minimum Gasteiger partial charge on any atom is -0.488 e. The highest BCUT2D eigenvalue weighted by atomic mass is 35.5. The summed E-state index contributed by atoms with van der Waals surface area (Å²) in [6.07, 6.45) is 1.73. The van der Waals surface area contributed by atoms with Gasteiger partial charge in [-0.15, -0.1) is 0 Å². The van der Waals surface area contributed by atoms with Crippen LogP contribution in [0.3, 0.4) is 0 Å². The molecule has 1 atom stereocenters. The van der Waals surface area contributed by atoms with E-state index in [1.165, 1.54) is 6.26 Å². The Bertz CT molecular complexity index is 1210. The lowest BCUT2D eigenvalue weighted by Gasteiger charge is -2.12. The second-order valence-corrected chi connectivity index (χ2v) is 9.74. The first-order valence-corrected chi connectivity index (χ1v) is 11.7. The van der Waals surface area contributed by atoms with Crippen LogP contribution in [-0.4, -0.2) is 33.2 Å². The number of nitrogens with one attached hydrogen (secondary N) is 1. The number of fused-ring (bicyclic) bond motifs is 1. The third-order valence-electron chi connectivity index (χ3n) is 4.99. The fourth-order valence-electron chi connectivity index (χ4n) is 3.45. The lowest BCUT2D eigenvalue weighted by Crippen LogP contribution is -2.34. The SMILES string of the molecule is CS(=O)(=O)c1ccc(-c2ccc3c(c2)C[C@@H](CNC(=O)c2cccc(Cl)c2)O3)cc1. The summed E-state index contributed by atoms with van der Waals surface area (Å²) in [4.78, 5) is 12.6. The maximum Gasteiger partial charge on any atom is 0.251 e. The van der Waals surface area contributed by atoms with Crippen molar-refractivity contribution >= 4 is 27.3 Å². The number of rotatable bonds is 5. The molecule has 0 aromatic heterocycles. The molecule has 3 aromatic carbocycles. The Morgan fingerprint density at radius 1 is 1.07 bits per heavy atom. The van der Waals surface area contributed by atoms with E-state index in [1.807, 2.05) is 18.2 Å². The number of hydrogen-bond donors (Lipinski definition) is 1. The third-order valence-corrected chi connectivity index (χ3v) is 6.36. The predicted molar refractivity (Wildman–Crippen MR) is 117 cm³/mol. The lowest BCUT2D eigenvalue weighted by atomic mass is 10.0. The van der Waals surface area contributed by atoms with E-state index in [4.69, 9.17) is 16.3 Å². The van der Waals surface area contributed by atoms with Crippen molar-refractivity contribution in [2.75, 3.05) is 12.8 Å². The molecular weight excluding hydrogens is 422 g/mol. The van der Waals surface area contributed by atoms with Crippen molar-refractivity contribution in [1.29, 1.82) is 0 Å². The number of carbonyl (C=O) groups is 1. The Labute approximate surface area is 180 Å². The molecule has 0 aliphatic carbocycles. The molecule has 0 radical (unpaired) electrons. The van der Waals surface area contributed by atoms with Gasteiger partial charge in [0.15, 0.2) is 9.84 Å². The number of benzene rings is 3. The van der Waals surface area contributed by atoms with Gasteiger partial charge < -0.3 is 10.1 Å². The topological polar surface area (TPSA) is 72.5 Å². The first kappa shape index (κ1) is 20.4. The molecule has 0 unspecified atom stereocenters. The Morgan fingerprint density at radius 3 is 2.50 bits per heavy atom. The monoisotopic (exact) mass is 441 g/mol. The van der Waals surface area contributed by atoms with Crippen LogP contribution in [-0.2, 0) is 16.3 Å². The summed E-state index contributed by atoms with van der Waals surface area (Å²) in [5, 5.41) is 3.41. The van der Waals surface area contributed by atoms with Gasteiger partial charge in [-0.2, -0.15) is 0 Å². The molecule has 0 saturated carbocycles. The molecule has 3 aromatic rings. The molecule has 154 valence electrons. The summed E-state index contributed by atoms with van der Waals surface area (Å²) in [7, 11) is -3.22. The normalized spacial score (nSPS) is 15.3. The molecule has 1 aliphatic heterocycles. The molecule has 5 nitrogen and oxygen atoms in total. The standard InChI is InChI=1S/C23H20ClNO4S/c1-30(27,28)21-8-5-15(6-9-21)16-7-10-22-18(11-16)13-20(29-22)14-25-23(26)17-3-2-4-19(24)12-17/h2-12,20H,13-14H2,1H3,(H,25,26)/t20-/m0/s1. The van der Waals surface area contributed by atoms with Crippen LogP contribution in [0.5, 0.6) is 5.75 Å². The summed E-state index contributed by atoms with van der Waals surface area (Å²) in [6.45, 7) is 0.387. The first-order valence-electron chi connectivity index (χ1n) is 9.43. The van der Waals surface area contributed by atoms with Gasteiger partial charge in [0.2, 0.25) is 0 Å². The fraction of sp³-hybridized carbons (Fsp3) is 0.174. The van der Waals surface area contributed by atoms with Crippen LogP contribution in [0.1, 0.15) is 15.9 Å². The molecule has 30 heavy (non-hydrogen) atoms. The average Bonchev–Trinajstić information content (AvgIpc) is 3.13. The van der Waals surface area contributed by atoms with Crippen molar-refractivity contribution < 1.29 is 17.9 Å². The molecule has 1 amide bonds. The smallest absolute Gasteiger partial charge is 0.251 e. The predicted octanol–water partition coefficient (Wildman–Crippen LogP) is 4.14. The van der Waals surface area contributed by atoms with Gasteiger partial charge in [-0.25, -0.2) is 8.42 Å². The maximum atomic E-state index is 12.3. The number of amides is 1. The number of sulfone groups is 1. The van der Waals surface area contributed by atoms with Crippen LogP contribution in [0.25, 0.3) is 11.1 Å². The zero-order chi connectivity index (χ0) is 21.3. The molecule has 7 heteroatoms. The molecule has 0 spiro atoms. The highest BCUT2D eigenvalue weighted by Gasteiger charge is 2.24. The van der Waals surface area contributed by atoms with Crippen molar-refractivity contribution in [3.8, 4) is 16.9 Å². The van der Waals surface area contributed by atoms with Crippen LogP contribution in [0.2, 0.25) is 5.02 Å². The van der Waals surface area contributed by atoms with E-state index in [2.05, 4.69) is 5.32 Å². The van der Waals surface area contributed by atoms with Gasteiger partial charge in [-0.3, -0.25) is 4.79 Å². The van der Waals surface area contributed by atoms with Crippen molar-refractivity contribution in [3.05, 3.63) is 82.9 Å². The van der Waals surface area contributed by atoms with Gasteiger partial charge in [0.1, 0.15) is 11.9 Å². The highest BCUT2D eigenvalue weighted by Crippen LogP contribution is 2.33. The molecule has 1 N–H and O–H groups in total. The zero-order valence-corrected chi connectivity index (χ0v) is 17.8. The van der Waals surface area contributed by atoms with Crippen LogP contribution < -0.4 is 10.1 Å². The van der Waals surface area contributed by atoms with Crippen LogP contribution >= 0.6 is 11.6 Å². The number of hydrogen-bond acceptors (Lipinski definition) is 4. The minimum atomic E-state index is -3.22. The Morgan fingerprint density at radius 2 is 1.80 bits per heavy atom.